The summed E-state index contributed by atoms with van der Waals surface area (Å²) in [5, 5.41) is 3.80. The molecular formula is C22H24ClN3O3. The number of carbonyl (C=O) groups is 1. The maximum absolute atomic E-state index is 12.6. The van der Waals surface area contributed by atoms with Crippen LogP contribution in [0, 0.1) is 11.3 Å². The Hall–Kier alpha value is -2.31. The number of rotatable bonds is 5. The fourth-order valence-electron chi connectivity index (χ4n) is 4.56. The largest absolute Gasteiger partial charge is 0.454 e. The molecule has 1 saturated carbocycles. The summed E-state index contributed by atoms with van der Waals surface area (Å²) in [4.78, 5) is 19.1. The molecule has 1 unspecified atom stereocenters. The Kier molecular flexibility index (Phi) is 4.84. The maximum atomic E-state index is 12.6. The van der Waals surface area contributed by atoms with Crippen LogP contribution in [0.5, 0.6) is 11.5 Å². The molecular weight excluding hydrogens is 390 g/mol. The number of fused-ring (bicyclic) bond motifs is 1. The van der Waals surface area contributed by atoms with E-state index in [-0.39, 0.29) is 24.0 Å². The predicted octanol–water partition coefficient (Wildman–Crippen LogP) is 3.38. The third-order valence-electron chi connectivity index (χ3n) is 6.48. The molecule has 7 heteroatoms. The summed E-state index contributed by atoms with van der Waals surface area (Å²) in [6.45, 7) is 3.57. The van der Waals surface area contributed by atoms with Gasteiger partial charge in [0.1, 0.15) is 0 Å². The molecule has 0 radical (unpaired) electrons. The quantitative estimate of drug-likeness (QED) is 0.814. The van der Waals surface area contributed by atoms with E-state index in [0.29, 0.717) is 11.6 Å². The Labute approximate surface area is 175 Å². The van der Waals surface area contributed by atoms with Crippen molar-refractivity contribution in [2.24, 2.45) is 11.3 Å². The lowest BCUT2D eigenvalue weighted by Gasteiger charge is -2.33. The molecule has 3 aliphatic rings. The molecule has 1 aromatic heterocycles. The molecule has 3 heterocycles. The number of hydrogen-bond acceptors (Lipinski definition) is 5. The van der Waals surface area contributed by atoms with Crippen LogP contribution in [0.3, 0.4) is 0 Å². The zero-order valence-electron chi connectivity index (χ0n) is 16.2. The highest BCUT2D eigenvalue weighted by Crippen LogP contribution is 2.59. The first-order valence-electron chi connectivity index (χ1n) is 10.1. The van der Waals surface area contributed by atoms with Gasteiger partial charge in [-0.1, -0.05) is 17.7 Å². The van der Waals surface area contributed by atoms with Gasteiger partial charge >= 0.3 is 0 Å². The van der Waals surface area contributed by atoms with E-state index in [2.05, 4.69) is 15.2 Å². The molecule has 2 aromatic rings. The highest BCUT2D eigenvalue weighted by molar-refractivity contribution is 6.31. The Morgan fingerprint density at radius 3 is 2.83 bits per heavy atom. The van der Waals surface area contributed by atoms with Crippen molar-refractivity contribution in [2.75, 3.05) is 19.9 Å². The average molecular weight is 414 g/mol. The summed E-state index contributed by atoms with van der Waals surface area (Å²) in [5.74, 6) is 1.82. The lowest BCUT2D eigenvalue weighted by Crippen LogP contribution is -2.36. The van der Waals surface area contributed by atoms with Gasteiger partial charge < -0.3 is 14.8 Å². The highest BCUT2D eigenvalue weighted by Gasteiger charge is 2.58. The van der Waals surface area contributed by atoms with E-state index in [1.807, 2.05) is 24.3 Å². The van der Waals surface area contributed by atoms with Gasteiger partial charge in [0.05, 0.1) is 0 Å². The van der Waals surface area contributed by atoms with Gasteiger partial charge in [-0.3, -0.25) is 14.7 Å². The maximum Gasteiger partial charge on any atom is 0.231 e. The Balaban J connectivity index is 1.13. The number of piperidine rings is 1. The van der Waals surface area contributed by atoms with Crippen molar-refractivity contribution in [1.82, 2.24) is 15.2 Å². The van der Waals surface area contributed by atoms with Gasteiger partial charge in [-0.25, -0.2) is 0 Å². The van der Waals surface area contributed by atoms with Gasteiger partial charge in [-0.15, -0.1) is 0 Å². The molecule has 0 bridgehead atoms. The number of nitrogens with one attached hydrogen (secondary N) is 1. The van der Waals surface area contributed by atoms with Crippen molar-refractivity contribution in [2.45, 2.75) is 32.4 Å². The summed E-state index contributed by atoms with van der Waals surface area (Å²) in [7, 11) is 0. The van der Waals surface area contributed by atoms with Gasteiger partial charge in [0.2, 0.25) is 12.7 Å². The number of hydrogen-bond donors (Lipinski definition) is 1. The number of halogens is 1. The first-order valence-corrected chi connectivity index (χ1v) is 10.5. The SMILES string of the molecule is O=C(NCc1cccnc1)C1CC12CCN(Cc1cc3c(cc1Cl)OCO3)CC2. The van der Waals surface area contributed by atoms with Crippen LogP contribution in [0.25, 0.3) is 0 Å². The molecule has 2 fully saturated rings. The van der Waals surface area contributed by atoms with Crippen molar-refractivity contribution < 1.29 is 14.3 Å². The van der Waals surface area contributed by atoms with Crippen LogP contribution >= 0.6 is 11.6 Å². The minimum atomic E-state index is 0.149. The van der Waals surface area contributed by atoms with Crippen LogP contribution in [0.2, 0.25) is 5.02 Å². The first kappa shape index (κ1) is 18.7. The van der Waals surface area contributed by atoms with E-state index in [9.17, 15) is 4.79 Å². The van der Waals surface area contributed by atoms with Gasteiger partial charge in [0, 0.05) is 42.5 Å². The Morgan fingerprint density at radius 1 is 1.28 bits per heavy atom. The molecule has 1 aliphatic carbocycles. The van der Waals surface area contributed by atoms with E-state index >= 15 is 0 Å². The lowest BCUT2D eigenvalue weighted by atomic mass is 9.90. The zero-order valence-corrected chi connectivity index (χ0v) is 17.0. The van der Waals surface area contributed by atoms with Crippen LogP contribution in [0.4, 0.5) is 0 Å². The van der Waals surface area contributed by atoms with Gasteiger partial charge in [-0.05, 0) is 61.0 Å². The smallest absolute Gasteiger partial charge is 0.231 e. The monoisotopic (exact) mass is 413 g/mol. The average Bonchev–Trinajstić information content (AvgIpc) is 3.25. The van der Waals surface area contributed by atoms with Crippen LogP contribution in [-0.4, -0.2) is 35.7 Å². The molecule has 1 atom stereocenters. The number of ether oxygens (including phenoxy) is 2. The molecule has 1 spiro atoms. The van der Waals surface area contributed by atoms with Crippen molar-refractivity contribution in [1.29, 1.82) is 0 Å². The van der Waals surface area contributed by atoms with Crippen molar-refractivity contribution in [3.63, 3.8) is 0 Å². The number of likely N-dealkylation sites (tertiary alicyclic amines) is 1. The molecule has 152 valence electrons. The normalized spacial score (nSPS) is 21.9. The fraction of sp³-hybridized carbons (Fsp3) is 0.455. The van der Waals surface area contributed by atoms with Crippen LogP contribution in [0.15, 0.2) is 36.7 Å². The van der Waals surface area contributed by atoms with Crippen LogP contribution < -0.4 is 14.8 Å². The molecule has 1 amide bonds. The second-order valence-electron chi connectivity index (χ2n) is 8.27. The second kappa shape index (κ2) is 7.50. The van der Waals surface area contributed by atoms with Gasteiger partial charge in [0.15, 0.2) is 11.5 Å². The second-order valence-corrected chi connectivity index (χ2v) is 8.68. The Bertz CT molecular complexity index is 913. The zero-order chi connectivity index (χ0) is 19.8. The van der Waals surface area contributed by atoms with E-state index in [0.717, 1.165) is 61.5 Å². The first-order chi connectivity index (χ1) is 14.1. The predicted molar refractivity (Wildman–Crippen MR) is 109 cm³/mol. The van der Waals surface area contributed by atoms with Crippen molar-refractivity contribution >= 4 is 17.5 Å². The Morgan fingerprint density at radius 2 is 2.07 bits per heavy atom. The number of nitrogens with zero attached hydrogens (tertiary/aromatic N) is 2. The van der Waals surface area contributed by atoms with Gasteiger partial charge in [0.25, 0.3) is 0 Å². The molecule has 29 heavy (non-hydrogen) atoms. The highest BCUT2D eigenvalue weighted by atomic mass is 35.5. The molecule has 1 aromatic carbocycles. The lowest BCUT2D eigenvalue weighted by molar-refractivity contribution is -0.123. The van der Waals surface area contributed by atoms with Crippen LogP contribution in [-0.2, 0) is 17.9 Å². The van der Waals surface area contributed by atoms with Crippen LogP contribution in [0.1, 0.15) is 30.4 Å². The number of aromatic nitrogens is 1. The summed E-state index contributed by atoms with van der Waals surface area (Å²) in [6, 6.07) is 7.70. The number of pyridine rings is 1. The van der Waals surface area contributed by atoms with Crippen molar-refractivity contribution in [3.05, 3.63) is 52.8 Å². The molecule has 2 aliphatic heterocycles. The topological polar surface area (TPSA) is 63.7 Å². The standard InChI is InChI=1S/C22H24ClN3O3/c23-18-9-20-19(28-14-29-20)8-16(18)13-26-6-3-22(4-7-26)10-17(22)21(27)25-12-15-2-1-5-24-11-15/h1-2,5,8-9,11,17H,3-4,6-7,10,12-14H2,(H,25,27). The third kappa shape index (κ3) is 3.79. The number of benzene rings is 1. The van der Waals surface area contributed by atoms with E-state index < -0.39 is 0 Å². The summed E-state index contributed by atoms with van der Waals surface area (Å²) in [5.41, 5.74) is 2.29. The summed E-state index contributed by atoms with van der Waals surface area (Å²) < 4.78 is 10.9. The minimum Gasteiger partial charge on any atom is -0.454 e. The van der Waals surface area contributed by atoms with Gasteiger partial charge in [-0.2, -0.15) is 0 Å². The van der Waals surface area contributed by atoms with E-state index in [1.165, 1.54) is 0 Å². The molecule has 1 saturated heterocycles. The minimum absolute atomic E-state index is 0.149. The third-order valence-corrected chi connectivity index (χ3v) is 6.84. The number of amides is 1. The fourth-order valence-corrected chi connectivity index (χ4v) is 4.78. The molecule has 5 rings (SSSR count). The van der Waals surface area contributed by atoms with E-state index in [1.54, 1.807) is 12.4 Å². The molecule has 6 nitrogen and oxygen atoms in total. The van der Waals surface area contributed by atoms with E-state index in [4.69, 9.17) is 21.1 Å². The van der Waals surface area contributed by atoms with Crippen molar-refractivity contribution in [3.8, 4) is 11.5 Å². The molecule has 1 N–H and O–H groups in total. The number of carbonyl (C=O) groups excluding carboxylic acids is 1. The summed E-state index contributed by atoms with van der Waals surface area (Å²) >= 11 is 6.43. The summed E-state index contributed by atoms with van der Waals surface area (Å²) in [6.07, 6.45) is 6.65.